The van der Waals surface area contributed by atoms with Gasteiger partial charge >= 0.3 is 7.12 Å². The second-order valence-corrected chi connectivity index (χ2v) is 7.18. The molecule has 0 saturated carbocycles. The molecule has 126 valence electrons. The molecule has 0 aromatic heterocycles. The molecular weight excluding hydrogens is 275 g/mol. The molecule has 0 unspecified atom stereocenters. The summed E-state index contributed by atoms with van der Waals surface area (Å²) < 4.78 is 11.2. The minimum Gasteiger partial charge on any atom is -0.407 e. The van der Waals surface area contributed by atoms with Crippen LogP contribution in [0.2, 0.25) is 0 Å². The van der Waals surface area contributed by atoms with E-state index in [1.807, 2.05) is 12.1 Å². The maximum atomic E-state index is 11.8. The van der Waals surface area contributed by atoms with E-state index >= 15 is 0 Å². The van der Waals surface area contributed by atoms with Crippen LogP contribution in [0, 0.1) is 5.41 Å². The van der Waals surface area contributed by atoms with Gasteiger partial charge in [0, 0.05) is 31.5 Å². The van der Waals surface area contributed by atoms with E-state index in [1.165, 1.54) is 32.1 Å². The van der Waals surface area contributed by atoms with Crippen molar-refractivity contribution in [1.82, 2.24) is 0 Å². The Balaban J connectivity index is 1.99. The Morgan fingerprint density at radius 2 is 1.68 bits per heavy atom. The molecule has 0 amide bonds. The second kappa shape index (κ2) is 11.0. The topological polar surface area (TPSA) is 35.5 Å². The molecule has 0 N–H and O–H groups in total. The van der Waals surface area contributed by atoms with Crippen LogP contribution in [0.25, 0.3) is 0 Å². The van der Waals surface area contributed by atoms with Crippen molar-refractivity contribution in [3.63, 3.8) is 0 Å². The van der Waals surface area contributed by atoms with Crippen molar-refractivity contribution in [2.24, 2.45) is 5.41 Å². The summed E-state index contributed by atoms with van der Waals surface area (Å²) in [4.78, 5) is 11.8. The van der Waals surface area contributed by atoms with Crippen molar-refractivity contribution in [3.8, 4) is 0 Å². The zero-order chi connectivity index (χ0) is 16.3. The summed E-state index contributed by atoms with van der Waals surface area (Å²) in [6, 6.07) is 0. The molecule has 0 aromatic rings. The van der Waals surface area contributed by atoms with Crippen molar-refractivity contribution in [3.05, 3.63) is 12.1 Å². The number of allylic oxidation sites excluding steroid dienone is 1. The quantitative estimate of drug-likeness (QED) is 0.408. The van der Waals surface area contributed by atoms with Crippen LogP contribution in [-0.2, 0) is 14.1 Å². The van der Waals surface area contributed by atoms with Crippen LogP contribution in [0.5, 0.6) is 0 Å². The normalized spacial score (nSPS) is 18.0. The highest BCUT2D eigenvalue weighted by molar-refractivity contribution is 6.50. The predicted octanol–water partition coefficient (Wildman–Crippen LogP) is 4.74. The Labute approximate surface area is 137 Å². The average Bonchev–Trinajstić information content (AvgIpc) is 2.48. The molecule has 0 spiro atoms. The lowest BCUT2D eigenvalue weighted by Crippen LogP contribution is -2.39. The first-order valence-corrected chi connectivity index (χ1v) is 8.95. The molecule has 1 saturated heterocycles. The maximum Gasteiger partial charge on any atom is 0.485 e. The van der Waals surface area contributed by atoms with Crippen molar-refractivity contribution in [2.75, 3.05) is 13.2 Å². The third-order valence-corrected chi connectivity index (χ3v) is 3.97. The number of hydrogen-bond donors (Lipinski definition) is 0. The highest BCUT2D eigenvalue weighted by atomic mass is 16.6. The first kappa shape index (κ1) is 19.4. The Hall–Kier alpha value is -0.605. The minimum atomic E-state index is -0.235. The Morgan fingerprint density at radius 1 is 1.05 bits per heavy atom. The summed E-state index contributed by atoms with van der Waals surface area (Å²) in [6.07, 6.45) is 11.6. The third-order valence-electron chi connectivity index (χ3n) is 3.97. The number of rotatable bonds is 11. The van der Waals surface area contributed by atoms with Gasteiger partial charge in [-0.3, -0.25) is 4.79 Å². The lowest BCUT2D eigenvalue weighted by Gasteiger charge is -2.31. The van der Waals surface area contributed by atoms with Crippen molar-refractivity contribution in [2.45, 2.75) is 78.6 Å². The molecule has 0 bridgehead atoms. The highest BCUT2D eigenvalue weighted by Gasteiger charge is 2.29. The smallest absolute Gasteiger partial charge is 0.407 e. The van der Waals surface area contributed by atoms with Crippen LogP contribution in [-0.4, -0.2) is 26.1 Å². The van der Waals surface area contributed by atoms with E-state index in [0.717, 1.165) is 32.5 Å². The molecule has 1 aliphatic heterocycles. The van der Waals surface area contributed by atoms with Gasteiger partial charge in [-0.15, -0.1) is 0 Å². The number of carbonyl (C=O) groups is 1. The fourth-order valence-electron chi connectivity index (χ4n) is 2.50. The Morgan fingerprint density at radius 3 is 2.36 bits per heavy atom. The van der Waals surface area contributed by atoms with Gasteiger partial charge in [-0.2, -0.15) is 0 Å². The molecule has 0 aromatic carbocycles. The molecule has 0 atom stereocenters. The molecule has 1 heterocycles. The van der Waals surface area contributed by atoms with Gasteiger partial charge in [-0.25, -0.2) is 0 Å². The largest absolute Gasteiger partial charge is 0.485 e. The van der Waals surface area contributed by atoms with E-state index in [0.29, 0.717) is 12.2 Å². The van der Waals surface area contributed by atoms with Crippen LogP contribution in [0.15, 0.2) is 12.1 Å². The van der Waals surface area contributed by atoms with Crippen molar-refractivity contribution in [1.29, 1.82) is 0 Å². The lowest BCUT2D eigenvalue weighted by molar-refractivity contribution is -0.119. The fraction of sp³-hybridized carbons (Fsp3) is 0.833. The zero-order valence-corrected chi connectivity index (χ0v) is 14.7. The van der Waals surface area contributed by atoms with E-state index in [2.05, 4.69) is 20.8 Å². The monoisotopic (exact) mass is 308 g/mol. The van der Waals surface area contributed by atoms with E-state index in [-0.39, 0.29) is 12.5 Å². The van der Waals surface area contributed by atoms with Gasteiger partial charge in [0.1, 0.15) is 5.78 Å². The molecule has 0 aliphatic carbocycles. The average molecular weight is 308 g/mol. The summed E-state index contributed by atoms with van der Waals surface area (Å²) in [5.41, 5.74) is 0.109. The van der Waals surface area contributed by atoms with Crippen LogP contribution < -0.4 is 0 Å². The first-order chi connectivity index (χ1) is 10.5. The van der Waals surface area contributed by atoms with Gasteiger partial charge in [-0.1, -0.05) is 64.9 Å². The predicted molar refractivity (Wildman–Crippen MR) is 92.8 cm³/mol. The van der Waals surface area contributed by atoms with Gasteiger partial charge in [0.2, 0.25) is 0 Å². The van der Waals surface area contributed by atoms with E-state index in [9.17, 15) is 4.79 Å². The lowest BCUT2D eigenvalue weighted by atomic mass is 9.83. The number of carbonyl (C=O) groups excluding carboxylic acids is 1. The van der Waals surface area contributed by atoms with Gasteiger partial charge in [-0.05, 0) is 12.8 Å². The van der Waals surface area contributed by atoms with Crippen LogP contribution in [0.4, 0.5) is 0 Å². The molecule has 22 heavy (non-hydrogen) atoms. The SMILES string of the molecule is CCCCCCCCC(=O)CC/C=C/B1OCC(C)(C)CO1. The Kier molecular flexibility index (Phi) is 9.73. The van der Waals surface area contributed by atoms with E-state index < -0.39 is 0 Å². The molecule has 1 fully saturated rings. The standard InChI is InChI=1S/C18H33BO3/c1-4-5-6-7-8-9-12-17(20)13-10-11-14-19-21-15-18(2,3)16-22-19/h11,14H,4-10,12-13,15-16H2,1-3H3/b14-11+. The fourth-order valence-corrected chi connectivity index (χ4v) is 2.50. The molecular formula is C18H33BO3. The second-order valence-electron chi connectivity index (χ2n) is 7.18. The number of unbranched alkanes of at least 4 members (excludes halogenated alkanes) is 5. The summed E-state index contributed by atoms with van der Waals surface area (Å²) in [5.74, 6) is 2.32. The number of Topliss-reactive ketones (excluding diaryl/α,β-unsaturated/α-hetero) is 1. The molecule has 1 rings (SSSR count). The Bertz CT molecular complexity index is 329. The molecule has 1 aliphatic rings. The van der Waals surface area contributed by atoms with Crippen molar-refractivity contribution >= 4 is 12.9 Å². The molecule has 0 radical (unpaired) electrons. The molecule has 3 nitrogen and oxygen atoms in total. The summed E-state index contributed by atoms with van der Waals surface area (Å²) in [6.45, 7) is 7.93. The van der Waals surface area contributed by atoms with Gasteiger partial charge in [0.05, 0.1) is 0 Å². The van der Waals surface area contributed by atoms with E-state index in [4.69, 9.17) is 9.31 Å². The maximum absolute atomic E-state index is 11.8. The van der Waals surface area contributed by atoms with Gasteiger partial charge < -0.3 is 9.31 Å². The number of ketones is 1. The van der Waals surface area contributed by atoms with Crippen LogP contribution in [0.3, 0.4) is 0 Å². The van der Waals surface area contributed by atoms with Gasteiger partial charge in [0.15, 0.2) is 0 Å². The summed E-state index contributed by atoms with van der Waals surface area (Å²) in [7, 11) is -0.235. The summed E-state index contributed by atoms with van der Waals surface area (Å²) >= 11 is 0. The van der Waals surface area contributed by atoms with Crippen molar-refractivity contribution < 1.29 is 14.1 Å². The van der Waals surface area contributed by atoms with Gasteiger partial charge in [0.25, 0.3) is 0 Å². The molecule has 4 heteroatoms. The number of hydrogen-bond acceptors (Lipinski definition) is 3. The zero-order valence-electron chi connectivity index (χ0n) is 14.7. The van der Waals surface area contributed by atoms with E-state index in [1.54, 1.807) is 0 Å². The van der Waals surface area contributed by atoms with Crippen LogP contribution >= 0.6 is 0 Å². The highest BCUT2D eigenvalue weighted by Crippen LogP contribution is 2.21. The first-order valence-electron chi connectivity index (χ1n) is 8.95. The third kappa shape index (κ3) is 9.42. The van der Waals surface area contributed by atoms with Crippen LogP contribution in [0.1, 0.15) is 78.6 Å². The minimum absolute atomic E-state index is 0.109. The summed E-state index contributed by atoms with van der Waals surface area (Å²) in [5, 5.41) is 0.